The quantitative estimate of drug-likeness (QED) is 0.474. The molecule has 1 fully saturated rings. The highest BCUT2D eigenvalue weighted by Gasteiger charge is 2.37. The van der Waals surface area contributed by atoms with Crippen molar-refractivity contribution in [2.75, 3.05) is 19.3 Å². The van der Waals surface area contributed by atoms with Gasteiger partial charge in [0.25, 0.3) is 5.91 Å². The molecule has 0 spiro atoms. The lowest BCUT2D eigenvalue weighted by Crippen LogP contribution is -2.33. The first-order valence-corrected chi connectivity index (χ1v) is 11.6. The predicted octanol–water partition coefficient (Wildman–Crippen LogP) is 2.47. The van der Waals surface area contributed by atoms with Crippen molar-refractivity contribution in [1.29, 1.82) is 0 Å². The van der Waals surface area contributed by atoms with Crippen LogP contribution in [0, 0.1) is 5.82 Å². The van der Waals surface area contributed by atoms with Gasteiger partial charge < -0.3 is 14.2 Å². The summed E-state index contributed by atoms with van der Waals surface area (Å²) in [5, 5.41) is 10.3. The Kier molecular flexibility index (Phi) is 6.56. The molecule has 2 aromatic carbocycles. The molecular formula is C22H22FNO7S. The number of halogens is 1. The van der Waals surface area contributed by atoms with Gasteiger partial charge in [-0.2, -0.15) is 0 Å². The highest BCUT2D eigenvalue weighted by Crippen LogP contribution is 2.30. The fourth-order valence-corrected chi connectivity index (χ4v) is 4.66. The fourth-order valence-electron chi connectivity index (χ4n) is 3.52. The van der Waals surface area contributed by atoms with Crippen molar-refractivity contribution in [3.8, 4) is 5.75 Å². The fraction of sp³-hybridized carbons (Fsp3) is 0.318. The van der Waals surface area contributed by atoms with Crippen molar-refractivity contribution in [2.24, 2.45) is 0 Å². The van der Waals surface area contributed by atoms with Gasteiger partial charge in [0.2, 0.25) is 0 Å². The monoisotopic (exact) mass is 463 g/mol. The first-order chi connectivity index (χ1) is 15.3. The van der Waals surface area contributed by atoms with E-state index in [9.17, 15) is 22.8 Å². The van der Waals surface area contributed by atoms with Crippen LogP contribution in [-0.2, 0) is 30.5 Å². The number of carbonyl (C=O) groups is 1. The van der Waals surface area contributed by atoms with Gasteiger partial charge in [0, 0.05) is 18.4 Å². The second-order valence-corrected chi connectivity index (χ2v) is 9.45. The number of hydroxylamine groups is 2. The van der Waals surface area contributed by atoms with E-state index in [4.69, 9.17) is 14.2 Å². The van der Waals surface area contributed by atoms with Gasteiger partial charge >= 0.3 is 0 Å². The Morgan fingerprint density at radius 3 is 2.53 bits per heavy atom. The van der Waals surface area contributed by atoms with Crippen LogP contribution >= 0.6 is 0 Å². The average molecular weight is 463 g/mol. The molecule has 0 bridgehead atoms. The van der Waals surface area contributed by atoms with Gasteiger partial charge in [-0.05, 0) is 48.0 Å². The lowest BCUT2D eigenvalue weighted by molar-refractivity contribution is -0.156. The third-order valence-electron chi connectivity index (χ3n) is 5.25. The molecule has 1 aliphatic heterocycles. The molecular weight excluding hydrogens is 441 g/mol. The summed E-state index contributed by atoms with van der Waals surface area (Å²) in [6.07, 6.45) is 1.73. The van der Waals surface area contributed by atoms with Crippen LogP contribution in [0.25, 0.3) is 0 Å². The van der Waals surface area contributed by atoms with Gasteiger partial charge in [0.15, 0.2) is 15.7 Å². The number of rotatable bonds is 8. The standard InChI is InChI=1S/C22H22FNO7S/c23-17-3-1-15(2-4-17)9-10-29-18-5-7-19(8-6-18)32(27,28)13-24(26)22(25)16-11-20-21(12-16)31-14-30-20/h1-8,11,20-21,26H,9-10,12-14H2. The van der Waals surface area contributed by atoms with Crippen molar-refractivity contribution in [3.63, 3.8) is 0 Å². The highest BCUT2D eigenvalue weighted by atomic mass is 32.2. The lowest BCUT2D eigenvalue weighted by Gasteiger charge is -2.16. The van der Waals surface area contributed by atoms with Crippen molar-refractivity contribution in [3.05, 3.63) is 71.6 Å². The summed E-state index contributed by atoms with van der Waals surface area (Å²) in [4.78, 5) is 12.3. The zero-order valence-electron chi connectivity index (χ0n) is 17.0. The summed E-state index contributed by atoms with van der Waals surface area (Å²) < 4.78 is 54.3. The minimum absolute atomic E-state index is 0.0563. The van der Waals surface area contributed by atoms with E-state index < -0.39 is 21.6 Å². The number of fused-ring (bicyclic) bond motifs is 1. The number of hydrogen-bond acceptors (Lipinski definition) is 7. The van der Waals surface area contributed by atoms with Gasteiger partial charge in [-0.3, -0.25) is 10.0 Å². The molecule has 2 aliphatic rings. The minimum Gasteiger partial charge on any atom is -0.493 e. The number of amides is 1. The lowest BCUT2D eigenvalue weighted by atomic mass is 10.2. The second kappa shape index (κ2) is 9.37. The van der Waals surface area contributed by atoms with E-state index in [1.54, 1.807) is 18.2 Å². The van der Waals surface area contributed by atoms with Crippen molar-refractivity contribution >= 4 is 15.7 Å². The molecule has 2 aromatic rings. The van der Waals surface area contributed by atoms with Crippen molar-refractivity contribution in [2.45, 2.75) is 29.9 Å². The van der Waals surface area contributed by atoms with E-state index in [0.717, 1.165) is 5.56 Å². The summed E-state index contributed by atoms with van der Waals surface area (Å²) in [6, 6.07) is 11.8. The van der Waals surface area contributed by atoms with E-state index in [1.165, 1.54) is 36.4 Å². The van der Waals surface area contributed by atoms with Gasteiger partial charge in [-0.1, -0.05) is 12.1 Å². The van der Waals surface area contributed by atoms with Crippen LogP contribution in [0.15, 0.2) is 65.1 Å². The molecule has 0 aromatic heterocycles. The number of nitrogens with zero attached hydrogens (tertiary/aromatic N) is 1. The minimum atomic E-state index is -3.96. The molecule has 1 heterocycles. The molecule has 10 heteroatoms. The molecule has 1 aliphatic carbocycles. The molecule has 2 unspecified atom stereocenters. The smallest absolute Gasteiger partial charge is 0.274 e. The maximum Gasteiger partial charge on any atom is 0.274 e. The Bertz CT molecular complexity index is 1100. The number of hydrogen-bond donors (Lipinski definition) is 1. The third-order valence-corrected chi connectivity index (χ3v) is 6.83. The van der Waals surface area contributed by atoms with E-state index in [1.807, 2.05) is 0 Å². The third kappa shape index (κ3) is 5.16. The highest BCUT2D eigenvalue weighted by molar-refractivity contribution is 7.91. The maximum absolute atomic E-state index is 12.9. The average Bonchev–Trinajstić information content (AvgIpc) is 3.37. The molecule has 1 N–H and O–H groups in total. The molecule has 1 saturated heterocycles. The Morgan fingerprint density at radius 1 is 1.12 bits per heavy atom. The largest absolute Gasteiger partial charge is 0.493 e. The topological polar surface area (TPSA) is 102 Å². The van der Waals surface area contributed by atoms with Crippen LogP contribution < -0.4 is 4.74 Å². The van der Waals surface area contributed by atoms with Gasteiger partial charge in [0.05, 0.1) is 17.6 Å². The van der Waals surface area contributed by atoms with Crippen LogP contribution in [0.2, 0.25) is 0 Å². The van der Waals surface area contributed by atoms with Gasteiger partial charge in [-0.15, -0.1) is 0 Å². The Balaban J connectivity index is 1.31. The Morgan fingerprint density at radius 2 is 1.84 bits per heavy atom. The summed E-state index contributed by atoms with van der Waals surface area (Å²) in [6.45, 7) is 0.484. The molecule has 0 saturated carbocycles. The maximum atomic E-state index is 12.9. The summed E-state index contributed by atoms with van der Waals surface area (Å²) in [5.74, 6) is -1.52. The molecule has 4 rings (SSSR count). The normalized spacial score (nSPS) is 20.0. The zero-order chi connectivity index (χ0) is 22.7. The molecule has 170 valence electrons. The first-order valence-electron chi connectivity index (χ1n) is 9.96. The summed E-state index contributed by atoms with van der Waals surface area (Å²) >= 11 is 0. The van der Waals surface area contributed by atoms with Gasteiger partial charge in [-0.25, -0.2) is 17.9 Å². The summed E-state index contributed by atoms with van der Waals surface area (Å²) in [7, 11) is -3.96. The van der Waals surface area contributed by atoms with Crippen LogP contribution in [0.1, 0.15) is 12.0 Å². The number of carbonyl (C=O) groups excluding carboxylic acids is 1. The number of benzene rings is 2. The van der Waals surface area contributed by atoms with E-state index in [2.05, 4.69) is 0 Å². The Labute approximate surface area is 184 Å². The summed E-state index contributed by atoms with van der Waals surface area (Å²) in [5.41, 5.74) is 1.17. The van der Waals surface area contributed by atoms with Gasteiger partial charge in [0.1, 0.15) is 24.5 Å². The van der Waals surface area contributed by atoms with E-state index in [0.29, 0.717) is 18.8 Å². The van der Waals surface area contributed by atoms with E-state index in [-0.39, 0.29) is 46.8 Å². The van der Waals surface area contributed by atoms with Crippen LogP contribution in [0.3, 0.4) is 0 Å². The molecule has 0 radical (unpaired) electrons. The SMILES string of the molecule is O=C(C1=CC2OCOC2C1)N(O)CS(=O)(=O)c1ccc(OCCc2ccc(F)cc2)cc1. The Hall–Kier alpha value is -2.79. The molecule has 1 amide bonds. The molecule has 32 heavy (non-hydrogen) atoms. The molecule has 8 nitrogen and oxygen atoms in total. The van der Waals surface area contributed by atoms with Crippen LogP contribution in [-0.4, -0.2) is 56.1 Å². The zero-order valence-corrected chi connectivity index (χ0v) is 17.8. The number of ether oxygens (including phenoxy) is 3. The second-order valence-electron chi connectivity index (χ2n) is 7.50. The van der Waals surface area contributed by atoms with E-state index >= 15 is 0 Å². The first kappa shape index (κ1) is 22.4. The van der Waals surface area contributed by atoms with Crippen LogP contribution in [0.5, 0.6) is 5.75 Å². The number of sulfone groups is 1. The molecule has 2 atom stereocenters. The van der Waals surface area contributed by atoms with Crippen molar-refractivity contribution < 1.29 is 37.0 Å². The predicted molar refractivity (Wildman–Crippen MR) is 110 cm³/mol. The van der Waals surface area contributed by atoms with Crippen molar-refractivity contribution in [1.82, 2.24) is 5.06 Å². The van der Waals surface area contributed by atoms with Crippen LogP contribution in [0.4, 0.5) is 4.39 Å².